The third-order valence-corrected chi connectivity index (χ3v) is 4.21. The molecule has 1 atom stereocenters. The number of nitrogens with one attached hydrogen (secondary N) is 1. The van der Waals surface area contributed by atoms with E-state index >= 15 is 0 Å². The summed E-state index contributed by atoms with van der Waals surface area (Å²) in [6, 6.07) is 8.02. The minimum Gasteiger partial charge on any atom is -0.506 e. The second-order valence-electron chi connectivity index (χ2n) is 5.56. The molecule has 0 aliphatic rings. The summed E-state index contributed by atoms with van der Waals surface area (Å²) in [5.74, 6) is 0.360. The highest BCUT2D eigenvalue weighted by atomic mass is 35.5. The molecule has 0 aliphatic heterocycles. The van der Waals surface area contributed by atoms with Gasteiger partial charge in [-0.1, -0.05) is 18.5 Å². The van der Waals surface area contributed by atoms with Crippen molar-refractivity contribution < 1.29 is 5.11 Å². The van der Waals surface area contributed by atoms with Crippen LogP contribution in [0.4, 0.5) is 11.6 Å². The summed E-state index contributed by atoms with van der Waals surface area (Å²) in [6.07, 6.45) is 2.49. The van der Waals surface area contributed by atoms with E-state index < -0.39 is 0 Å². The summed E-state index contributed by atoms with van der Waals surface area (Å²) in [5.41, 5.74) is 1.14. The minimum absolute atomic E-state index is 0.00672. The molecule has 0 saturated heterocycles. The highest BCUT2D eigenvalue weighted by Gasteiger charge is 2.11. The predicted octanol–water partition coefficient (Wildman–Crippen LogP) is 3.87. The highest BCUT2D eigenvalue weighted by Crippen LogP contribution is 2.27. The van der Waals surface area contributed by atoms with Crippen molar-refractivity contribution in [1.29, 1.82) is 0 Å². The Labute approximate surface area is 143 Å². The van der Waals surface area contributed by atoms with Crippen molar-refractivity contribution in [2.45, 2.75) is 26.3 Å². The highest BCUT2D eigenvalue weighted by molar-refractivity contribution is 6.32. The number of rotatable bonds is 4. The normalized spacial score (nSPS) is 12.3. The molecule has 6 nitrogen and oxygen atoms in total. The first-order chi connectivity index (χ1) is 11.5. The van der Waals surface area contributed by atoms with Crippen molar-refractivity contribution in [3.05, 3.63) is 51.9 Å². The van der Waals surface area contributed by atoms with E-state index in [1.54, 1.807) is 29.0 Å². The number of hydrogen-bond donors (Lipinski definition) is 2. The monoisotopic (exact) mass is 344 g/mol. The Morgan fingerprint density at radius 2 is 2.12 bits per heavy atom. The smallest absolute Gasteiger partial charge is 0.252 e. The number of anilines is 2. The summed E-state index contributed by atoms with van der Waals surface area (Å²) in [6.45, 7) is 4.00. The van der Waals surface area contributed by atoms with Gasteiger partial charge in [-0.25, -0.2) is 4.98 Å². The average molecular weight is 345 g/mol. The molecule has 0 amide bonds. The van der Waals surface area contributed by atoms with Gasteiger partial charge in [-0.3, -0.25) is 9.36 Å². The molecule has 2 heterocycles. The molecule has 0 fully saturated rings. The average Bonchev–Trinajstić information content (AvgIpc) is 2.57. The van der Waals surface area contributed by atoms with Crippen LogP contribution < -0.4 is 10.9 Å². The summed E-state index contributed by atoms with van der Waals surface area (Å²) in [5, 5.41) is 13.5. The molecule has 2 aromatic heterocycles. The molecule has 7 heteroatoms. The molecule has 0 saturated carbocycles. The van der Waals surface area contributed by atoms with Gasteiger partial charge in [0.1, 0.15) is 11.4 Å². The zero-order valence-corrected chi connectivity index (χ0v) is 14.1. The number of benzene rings is 1. The fraction of sp³-hybridized carbons (Fsp3) is 0.235. The van der Waals surface area contributed by atoms with Crippen LogP contribution in [0.15, 0.2) is 41.3 Å². The van der Waals surface area contributed by atoms with E-state index in [4.69, 9.17) is 11.6 Å². The first-order valence-electron chi connectivity index (χ1n) is 7.63. The van der Waals surface area contributed by atoms with Crippen LogP contribution >= 0.6 is 11.6 Å². The van der Waals surface area contributed by atoms with Gasteiger partial charge in [-0.15, -0.1) is 0 Å². The number of hydrogen-bond acceptors (Lipinski definition) is 5. The van der Waals surface area contributed by atoms with Crippen LogP contribution in [0.25, 0.3) is 11.0 Å². The third kappa shape index (κ3) is 3.05. The lowest BCUT2D eigenvalue weighted by Gasteiger charge is -2.15. The first kappa shape index (κ1) is 16.3. The summed E-state index contributed by atoms with van der Waals surface area (Å²) >= 11 is 5.91. The summed E-state index contributed by atoms with van der Waals surface area (Å²) < 4.78 is 1.67. The van der Waals surface area contributed by atoms with Crippen molar-refractivity contribution in [1.82, 2.24) is 14.5 Å². The number of phenols is 1. The van der Waals surface area contributed by atoms with E-state index in [1.165, 1.54) is 12.1 Å². The third-order valence-electron chi connectivity index (χ3n) is 3.90. The van der Waals surface area contributed by atoms with Crippen molar-refractivity contribution in [3.8, 4) is 5.75 Å². The first-order valence-corrected chi connectivity index (χ1v) is 8.01. The van der Waals surface area contributed by atoms with Crippen molar-refractivity contribution >= 4 is 34.3 Å². The van der Waals surface area contributed by atoms with E-state index in [2.05, 4.69) is 15.3 Å². The van der Waals surface area contributed by atoms with E-state index in [0.717, 1.165) is 11.8 Å². The van der Waals surface area contributed by atoms with E-state index in [9.17, 15) is 9.90 Å². The molecular weight excluding hydrogens is 328 g/mol. The number of nitrogens with zero attached hydrogens (tertiary/aromatic N) is 3. The van der Waals surface area contributed by atoms with Gasteiger partial charge in [0.25, 0.3) is 5.56 Å². The van der Waals surface area contributed by atoms with Crippen LogP contribution in [0.5, 0.6) is 5.75 Å². The van der Waals surface area contributed by atoms with Crippen LogP contribution in [-0.2, 0) is 0 Å². The van der Waals surface area contributed by atoms with Gasteiger partial charge in [0.05, 0.1) is 5.02 Å². The van der Waals surface area contributed by atoms with E-state index in [0.29, 0.717) is 17.3 Å². The second kappa shape index (κ2) is 6.49. The zero-order chi connectivity index (χ0) is 17.3. The maximum Gasteiger partial charge on any atom is 0.252 e. The van der Waals surface area contributed by atoms with Gasteiger partial charge in [0, 0.05) is 29.4 Å². The van der Waals surface area contributed by atoms with E-state index in [1.807, 2.05) is 13.8 Å². The van der Waals surface area contributed by atoms with Crippen LogP contribution in [0.1, 0.15) is 26.3 Å². The zero-order valence-electron chi connectivity index (χ0n) is 13.3. The molecule has 3 aromatic rings. The quantitative estimate of drug-likeness (QED) is 0.702. The van der Waals surface area contributed by atoms with Crippen LogP contribution in [0.2, 0.25) is 5.02 Å². The molecule has 1 unspecified atom stereocenters. The minimum atomic E-state index is -0.0887. The van der Waals surface area contributed by atoms with Gasteiger partial charge in [0.15, 0.2) is 0 Å². The molecule has 124 valence electrons. The Hall–Kier alpha value is -2.60. The summed E-state index contributed by atoms with van der Waals surface area (Å²) in [7, 11) is 0. The Bertz CT molecular complexity index is 955. The number of aromatic hydroxyl groups is 1. The molecule has 2 N–H and O–H groups in total. The number of halogens is 1. The molecule has 1 aromatic carbocycles. The fourth-order valence-corrected chi connectivity index (χ4v) is 2.60. The Morgan fingerprint density at radius 1 is 1.33 bits per heavy atom. The topological polar surface area (TPSA) is 80.0 Å². The number of aromatic nitrogens is 3. The Balaban J connectivity index is 2.06. The van der Waals surface area contributed by atoms with Gasteiger partial charge < -0.3 is 10.4 Å². The van der Waals surface area contributed by atoms with Crippen molar-refractivity contribution in [3.63, 3.8) is 0 Å². The number of pyridine rings is 1. The predicted molar refractivity (Wildman–Crippen MR) is 95.2 cm³/mol. The molecule has 24 heavy (non-hydrogen) atoms. The molecular formula is C17H17ClN4O2. The second-order valence-corrected chi connectivity index (χ2v) is 5.97. The van der Waals surface area contributed by atoms with Gasteiger partial charge in [-0.05, 0) is 37.6 Å². The molecule has 0 bridgehead atoms. The SMILES string of the molecule is CCC(C)n1c(=O)ccc2cnc(Nc3ccc(O)c(Cl)c3)nc21. The standard InChI is InChI=1S/C17H17ClN4O2/c1-3-10(2)22-15(24)7-4-11-9-19-17(21-16(11)22)20-12-5-6-14(23)13(18)8-12/h4-10,23H,3H2,1-2H3,(H,19,20,21). The Kier molecular flexibility index (Phi) is 4.40. The maximum atomic E-state index is 12.2. The Morgan fingerprint density at radius 3 is 2.83 bits per heavy atom. The molecule has 3 rings (SSSR count). The van der Waals surface area contributed by atoms with Crippen molar-refractivity contribution in [2.24, 2.45) is 0 Å². The van der Waals surface area contributed by atoms with Gasteiger partial charge in [0.2, 0.25) is 5.95 Å². The largest absolute Gasteiger partial charge is 0.506 e. The van der Waals surface area contributed by atoms with Crippen LogP contribution in [0.3, 0.4) is 0 Å². The van der Waals surface area contributed by atoms with E-state index in [-0.39, 0.29) is 22.4 Å². The van der Waals surface area contributed by atoms with Gasteiger partial charge >= 0.3 is 0 Å². The fourth-order valence-electron chi connectivity index (χ4n) is 2.42. The molecule has 0 radical (unpaired) electrons. The number of fused-ring (bicyclic) bond motifs is 1. The maximum absolute atomic E-state index is 12.2. The van der Waals surface area contributed by atoms with Crippen molar-refractivity contribution in [2.75, 3.05) is 5.32 Å². The lowest BCUT2D eigenvalue weighted by Crippen LogP contribution is -2.23. The van der Waals surface area contributed by atoms with Crippen LogP contribution in [0, 0.1) is 0 Å². The molecule has 0 spiro atoms. The lowest BCUT2D eigenvalue weighted by molar-refractivity contribution is 0.475. The van der Waals surface area contributed by atoms with Crippen LogP contribution in [-0.4, -0.2) is 19.6 Å². The summed E-state index contributed by atoms with van der Waals surface area (Å²) in [4.78, 5) is 21.0. The lowest BCUT2D eigenvalue weighted by atomic mass is 10.2. The number of phenolic OH excluding ortho intramolecular Hbond substituents is 1. The molecule has 0 aliphatic carbocycles. The van der Waals surface area contributed by atoms with Gasteiger partial charge in [-0.2, -0.15) is 4.98 Å².